The third kappa shape index (κ3) is 1.78. The predicted octanol–water partition coefficient (Wildman–Crippen LogP) is 1.11. The Balaban J connectivity index is 2.71. The molecule has 1 heterocycles. The van der Waals surface area contributed by atoms with Gasteiger partial charge in [-0.1, -0.05) is 6.07 Å². The number of esters is 1. The minimum Gasteiger partial charge on any atom is -0.465 e. The van der Waals surface area contributed by atoms with Gasteiger partial charge in [0.15, 0.2) is 0 Å². The maximum absolute atomic E-state index is 11.7. The number of nitriles is 1. The van der Waals surface area contributed by atoms with E-state index in [0.29, 0.717) is 11.4 Å². The van der Waals surface area contributed by atoms with Crippen molar-refractivity contribution in [1.29, 1.82) is 5.26 Å². The molecule has 0 aliphatic heterocycles. The van der Waals surface area contributed by atoms with Crippen LogP contribution in [0.2, 0.25) is 0 Å². The molecule has 1 aromatic heterocycles. The van der Waals surface area contributed by atoms with E-state index in [9.17, 15) is 4.79 Å². The van der Waals surface area contributed by atoms with Crippen LogP contribution >= 0.6 is 0 Å². The number of aromatic nitrogens is 2. The molecule has 0 unspecified atom stereocenters. The SMILES string of the molecule is COC(=O)c1cccc(N)c1-n1ccnc1C#N. The number of hydrogen-bond acceptors (Lipinski definition) is 5. The lowest BCUT2D eigenvalue weighted by Crippen LogP contribution is -2.11. The zero-order chi connectivity index (χ0) is 13.1. The molecule has 0 aliphatic rings. The van der Waals surface area contributed by atoms with Gasteiger partial charge >= 0.3 is 5.97 Å². The molecule has 90 valence electrons. The van der Waals surface area contributed by atoms with Gasteiger partial charge < -0.3 is 10.5 Å². The first kappa shape index (κ1) is 11.7. The lowest BCUT2D eigenvalue weighted by Gasteiger charge is -2.12. The summed E-state index contributed by atoms with van der Waals surface area (Å²) >= 11 is 0. The summed E-state index contributed by atoms with van der Waals surface area (Å²) in [5.41, 5.74) is 6.92. The monoisotopic (exact) mass is 242 g/mol. The number of hydrogen-bond donors (Lipinski definition) is 1. The standard InChI is InChI=1S/C12H10N4O2/c1-18-12(17)8-3-2-4-9(14)11(8)16-6-5-15-10(16)7-13/h2-6H,14H2,1H3. The van der Waals surface area contributed by atoms with Crippen molar-refractivity contribution in [3.8, 4) is 11.8 Å². The Morgan fingerprint density at radius 3 is 3.00 bits per heavy atom. The normalized spacial score (nSPS) is 9.78. The molecule has 0 bridgehead atoms. The molecular formula is C12H10N4O2. The van der Waals surface area contributed by atoms with Crippen molar-refractivity contribution in [2.75, 3.05) is 12.8 Å². The van der Waals surface area contributed by atoms with E-state index in [-0.39, 0.29) is 11.4 Å². The predicted molar refractivity (Wildman–Crippen MR) is 64.0 cm³/mol. The zero-order valence-corrected chi connectivity index (χ0v) is 9.62. The summed E-state index contributed by atoms with van der Waals surface area (Å²) in [4.78, 5) is 15.6. The summed E-state index contributed by atoms with van der Waals surface area (Å²) in [6, 6.07) is 6.80. The number of nitrogens with two attached hydrogens (primary N) is 1. The van der Waals surface area contributed by atoms with Crippen LogP contribution in [0.25, 0.3) is 5.69 Å². The minimum atomic E-state index is -0.519. The molecule has 1 aromatic carbocycles. The number of imidazole rings is 1. The summed E-state index contributed by atoms with van der Waals surface area (Å²) in [7, 11) is 1.29. The molecule has 0 saturated carbocycles. The molecule has 6 heteroatoms. The van der Waals surface area contributed by atoms with E-state index in [2.05, 4.69) is 4.98 Å². The first-order chi connectivity index (χ1) is 8.69. The molecule has 0 spiro atoms. The molecule has 0 atom stereocenters. The second kappa shape index (κ2) is 4.59. The fourth-order valence-electron chi connectivity index (χ4n) is 1.67. The number of carbonyl (C=O) groups is 1. The first-order valence-electron chi connectivity index (χ1n) is 5.09. The highest BCUT2D eigenvalue weighted by molar-refractivity contribution is 5.96. The van der Waals surface area contributed by atoms with Gasteiger partial charge in [0.25, 0.3) is 0 Å². The maximum atomic E-state index is 11.7. The molecule has 2 N–H and O–H groups in total. The van der Waals surface area contributed by atoms with Gasteiger partial charge in [-0.15, -0.1) is 0 Å². The van der Waals surface area contributed by atoms with Gasteiger partial charge in [0, 0.05) is 12.4 Å². The van der Waals surface area contributed by atoms with Crippen LogP contribution in [0, 0.1) is 11.3 Å². The zero-order valence-electron chi connectivity index (χ0n) is 9.62. The van der Waals surface area contributed by atoms with E-state index in [4.69, 9.17) is 15.7 Å². The quantitative estimate of drug-likeness (QED) is 0.628. The second-order valence-corrected chi connectivity index (χ2v) is 3.47. The number of methoxy groups -OCH3 is 1. The maximum Gasteiger partial charge on any atom is 0.340 e. The van der Waals surface area contributed by atoms with Crippen molar-refractivity contribution >= 4 is 11.7 Å². The highest BCUT2D eigenvalue weighted by atomic mass is 16.5. The molecule has 2 aromatic rings. The lowest BCUT2D eigenvalue weighted by atomic mass is 10.1. The van der Waals surface area contributed by atoms with Crippen molar-refractivity contribution < 1.29 is 9.53 Å². The van der Waals surface area contributed by atoms with E-state index < -0.39 is 5.97 Å². The molecule has 0 radical (unpaired) electrons. The van der Waals surface area contributed by atoms with Crippen LogP contribution < -0.4 is 5.73 Å². The molecule has 0 saturated heterocycles. The fraction of sp³-hybridized carbons (Fsp3) is 0.0833. The van der Waals surface area contributed by atoms with Crippen LogP contribution in [0.1, 0.15) is 16.2 Å². The largest absolute Gasteiger partial charge is 0.465 e. The van der Waals surface area contributed by atoms with Gasteiger partial charge in [0.05, 0.1) is 24.0 Å². The second-order valence-electron chi connectivity index (χ2n) is 3.47. The number of carbonyl (C=O) groups excluding carboxylic acids is 1. The van der Waals surface area contributed by atoms with Crippen molar-refractivity contribution in [3.63, 3.8) is 0 Å². The van der Waals surface area contributed by atoms with E-state index in [1.165, 1.54) is 17.9 Å². The highest BCUT2D eigenvalue weighted by Crippen LogP contribution is 2.23. The Morgan fingerprint density at radius 2 is 2.33 bits per heavy atom. The summed E-state index contributed by atoms with van der Waals surface area (Å²) in [6.07, 6.45) is 3.03. The topological polar surface area (TPSA) is 93.9 Å². The van der Waals surface area contributed by atoms with Gasteiger partial charge in [-0.25, -0.2) is 9.78 Å². The Hall–Kier alpha value is -2.81. The Bertz CT molecular complexity index is 640. The Kier molecular flexibility index (Phi) is 2.98. The van der Waals surface area contributed by atoms with Crippen molar-refractivity contribution in [2.24, 2.45) is 0 Å². The number of benzene rings is 1. The third-order valence-corrected chi connectivity index (χ3v) is 2.45. The number of rotatable bonds is 2. The molecular weight excluding hydrogens is 232 g/mol. The van der Waals surface area contributed by atoms with Crippen LogP contribution in [0.3, 0.4) is 0 Å². The summed E-state index contributed by atoms with van der Waals surface area (Å²) in [6.45, 7) is 0. The number of para-hydroxylation sites is 1. The van der Waals surface area contributed by atoms with Crippen LogP contribution in [0.5, 0.6) is 0 Å². The van der Waals surface area contributed by atoms with Crippen molar-refractivity contribution in [2.45, 2.75) is 0 Å². The van der Waals surface area contributed by atoms with E-state index in [0.717, 1.165) is 0 Å². The number of nitrogen functional groups attached to an aromatic ring is 1. The van der Waals surface area contributed by atoms with Gasteiger partial charge in [-0.2, -0.15) is 5.26 Å². The third-order valence-electron chi connectivity index (χ3n) is 2.45. The molecule has 0 fully saturated rings. The van der Waals surface area contributed by atoms with Gasteiger partial charge in [-0.3, -0.25) is 4.57 Å². The summed E-state index contributed by atoms with van der Waals surface area (Å²) < 4.78 is 6.15. The number of anilines is 1. The molecule has 6 nitrogen and oxygen atoms in total. The van der Waals surface area contributed by atoms with Gasteiger partial charge in [0.2, 0.25) is 5.82 Å². The van der Waals surface area contributed by atoms with Gasteiger partial charge in [0.1, 0.15) is 6.07 Å². The highest BCUT2D eigenvalue weighted by Gasteiger charge is 2.17. The molecule has 2 rings (SSSR count). The summed E-state index contributed by atoms with van der Waals surface area (Å²) in [5, 5.41) is 8.96. The van der Waals surface area contributed by atoms with Crippen molar-refractivity contribution in [3.05, 3.63) is 42.0 Å². The lowest BCUT2D eigenvalue weighted by molar-refractivity contribution is 0.0601. The van der Waals surface area contributed by atoms with Gasteiger partial charge in [-0.05, 0) is 12.1 Å². The Morgan fingerprint density at radius 1 is 1.56 bits per heavy atom. The average molecular weight is 242 g/mol. The number of nitrogens with zero attached hydrogens (tertiary/aromatic N) is 3. The van der Waals surface area contributed by atoms with Crippen molar-refractivity contribution in [1.82, 2.24) is 9.55 Å². The fourth-order valence-corrected chi connectivity index (χ4v) is 1.67. The molecule has 18 heavy (non-hydrogen) atoms. The van der Waals surface area contributed by atoms with Crippen LogP contribution in [-0.2, 0) is 4.74 Å². The van der Waals surface area contributed by atoms with Crippen LogP contribution in [-0.4, -0.2) is 22.6 Å². The summed E-state index contributed by atoms with van der Waals surface area (Å²) in [5.74, 6) is -0.368. The first-order valence-corrected chi connectivity index (χ1v) is 5.09. The Labute approximate surface area is 103 Å². The van der Waals surface area contributed by atoms with E-state index >= 15 is 0 Å². The number of ether oxygens (including phenoxy) is 1. The van der Waals surface area contributed by atoms with Crippen LogP contribution in [0.4, 0.5) is 5.69 Å². The van der Waals surface area contributed by atoms with E-state index in [1.54, 1.807) is 24.4 Å². The molecule has 0 amide bonds. The molecule has 0 aliphatic carbocycles. The van der Waals surface area contributed by atoms with Crippen LogP contribution in [0.15, 0.2) is 30.6 Å². The minimum absolute atomic E-state index is 0.151. The van der Waals surface area contributed by atoms with E-state index in [1.807, 2.05) is 6.07 Å². The average Bonchev–Trinajstić information content (AvgIpc) is 2.85. The smallest absolute Gasteiger partial charge is 0.340 e.